The first kappa shape index (κ1) is 18.3. The molecule has 1 aromatic carbocycles. The van der Waals surface area contributed by atoms with Crippen LogP contribution in [-0.4, -0.2) is 25.7 Å². The summed E-state index contributed by atoms with van der Waals surface area (Å²) in [6.45, 7) is 8.16. The third-order valence-corrected chi connectivity index (χ3v) is 5.73. The fourth-order valence-electron chi connectivity index (χ4n) is 3.23. The van der Waals surface area contributed by atoms with Gasteiger partial charge in [-0.3, -0.25) is 10.1 Å². The third kappa shape index (κ3) is 3.18. The Morgan fingerprint density at radius 1 is 1.14 bits per heavy atom. The number of nitrogens with one attached hydrogen (secondary N) is 1. The van der Waals surface area contributed by atoms with Crippen molar-refractivity contribution in [2.75, 3.05) is 5.32 Å². The van der Waals surface area contributed by atoms with Gasteiger partial charge in [0.15, 0.2) is 10.9 Å². The number of rotatable bonds is 4. The second-order valence-electron chi connectivity index (χ2n) is 7.05. The predicted molar refractivity (Wildman–Crippen MR) is 112 cm³/mol. The molecule has 0 saturated heterocycles. The van der Waals surface area contributed by atoms with Crippen LogP contribution in [0.5, 0.6) is 0 Å². The van der Waals surface area contributed by atoms with Gasteiger partial charge in [0.05, 0.1) is 27.7 Å². The maximum absolute atomic E-state index is 13.0. The normalized spacial score (nSPS) is 11.3. The molecule has 0 atom stereocenters. The van der Waals surface area contributed by atoms with Crippen LogP contribution in [0, 0.1) is 13.8 Å². The van der Waals surface area contributed by atoms with E-state index in [1.54, 1.807) is 17.1 Å². The Bertz CT molecular complexity index is 1120. The number of hydrogen-bond acceptors (Lipinski definition) is 5. The molecule has 0 bridgehead atoms. The van der Waals surface area contributed by atoms with Gasteiger partial charge in [-0.1, -0.05) is 43.4 Å². The molecule has 4 rings (SSSR count). The molecule has 0 aliphatic rings. The third-order valence-electron chi connectivity index (χ3n) is 4.63. The van der Waals surface area contributed by atoms with Crippen LogP contribution >= 0.6 is 11.3 Å². The fourth-order valence-corrected chi connectivity index (χ4v) is 4.23. The average Bonchev–Trinajstić information content (AvgIpc) is 3.31. The number of carbonyl (C=O) groups excluding carboxylic acids is 1. The zero-order chi connectivity index (χ0) is 19.8. The molecule has 28 heavy (non-hydrogen) atoms. The summed E-state index contributed by atoms with van der Waals surface area (Å²) in [5.74, 6) is 0.585. The van der Waals surface area contributed by atoms with Crippen molar-refractivity contribution in [2.24, 2.45) is 0 Å². The summed E-state index contributed by atoms with van der Waals surface area (Å²) in [6.07, 6.45) is 3.32. The van der Waals surface area contributed by atoms with Gasteiger partial charge in [-0.2, -0.15) is 5.10 Å². The van der Waals surface area contributed by atoms with Gasteiger partial charge in [-0.15, -0.1) is 0 Å². The molecule has 142 valence electrons. The molecule has 0 unspecified atom stereocenters. The molecule has 0 aliphatic heterocycles. The topological polar surface area (TPSA) is 72.7 Å². The molecule has 7 heteroatoms. The Kier molecular flexibility index (Phi) is 4.68. The van der Waals surface area contributed by atoms with Crippen molar-refractivity contribution in [3.05, 3.63) is 65.1 Å². The minimum absolute atomic E-state index is 0.102. The first-order valence-corrected chi connectivity index (χ1v) is 9.94. The second kappa shape index (κ2) is 7.16. The molecule has 3 aromatic heterocycles. The van der Waals surface area contributed by atoms with Gasteiger partial charge in [0.25, 0.3) is 5.91 Å². The number of pyridine rings is 1. The Labute approximate surface area is 167 Å². The summed E-state index contributed by atoms with van der Waals surface area (Å²) in [5, 5.41) is 7.97. The fraction of sp³-hybridized carbons (Fsp3) is 0.238. The molecule has 3 heterocycles. The quantitative estimate of drug-likeness (QED) is 0.539. The molecule has 0 aliphatic carbocycles. The molecule has 4 aromatic rings. The van der Waals surface area contributed by atoms with E-state index in [1.807, 2.05) is 39.0 Å². The SMILES string of the molecule is Cc1ccc(C)c2sc(NC(=O)c3cnn(-c4ccccn4)c3C(C)C)nc12. The van der Waals surface area contributed by atoms with Crippen molar-refractivity contribution in [1.82, 2.24) is 19.7 Å². The Balaban J connectivity index is 1.70. The number of aryl methyl sites for hydroxylation is 2. The zero-order valence-electron chi connectivity index (χ0n) is 16.2. The minimum atomic E-state index is -0.208. The van der Waals surface area contributed by atoms with Crippen LogP contribution in [0.25, 0.3) is 16.0 Å². The summed E-state index contributed by atoms with van der Waals surface area (Å²) < 4.78 is 2.83. The maximum atomic E-state index is 13.0. The van der Waals surface area contributed by atoms with Crippen LogP contribution in [0.1, 0.15) is 46.9 Å². The number of benzene rings is 1. The van der Waals surface area contributed by atoms with E-state index in [2.05, 4.69) is 39.4 Å². The highest BCUT2D eigenvalue weighted by atomic mass is 32.1. The summed E-state index contributed by atoms with van der Waals surface area (Å²) in [5.41, 5.74) is 4.55. The monoisotopic (exact) mass is 391 g/mol. The van der Waals surface area contributed by atoms with E-state index < -0.39 is 0 Å². The smallest absolute Gasteiger partial charge is 0.260 e. The molecule has 1 amide bonds. The largest absolute Gasteiger partial charge is 0.298 e. The van der Waals surface area contributed by atoms with Gasteiger partial charge in [0.1, 0.15) is 0 Å². The number of carbonyl (C=O) groups is 1. The average molecular weight is 392 g/mol. The maximum Gasteiger partial charge on any atom is 0.260 e. The van der Waals surface area contributed by atoms with Gasteiger partial charge in [0, 0.05) is 6.20 Å². The van der Waals surface area contributed by atoms with Crippen LogP contribution < -0.4 is 5.32 Å². The van der Waals surface area contributed by atoms with Crippen molar-refractivity contribution in [1.29, 1.82) is 0 Å². The first-order valence-electron chi connectivity index (χ1n) is 9.13. The predicted octanol–water partition coefficient (Wildman–Crippen LogP) is 4.87. The van der Waals surface area contributed by atoms with E-state index >= 15 is 0 Å². The molecular formula is C21H21N5OS. The lowest BCUT2D eigenvalue weighted by Crippen LogP contribution is -2.15. The van der Waals surface area contributed by atoms with Crippen molar-refractivity contribution >= 4 is 32.6 Å². The number of thiazole rings is 1. The van der Waals surface area contributed by atoms with Crippen molar-refractivity contribution in [3.8, 4) is 5.82 Å². The summed E-state index contributed by atoms with van der Waals surface area (Å²) in [7, 11) is 0. The first-order chi connectivity index (χ1) is 13.5. The molecule has 0 saturated carbocycles. The van der Waals surface area contributed by atoms with E-state index in [4.69, 9.17) is 0 Å². The van der Waals surface area contributed by atoms with Crippen LogP contribution in [0.15, 0.2) is 42.7 Å². The van der Waals surface area contributed by atoms with E-state index in [1.165, 1.54) is 11.3 Å². The molecular weight excluding hydrogens is 370 g/mol. The molecule has 0 radical (unpaired) electrons. The number of fused-ring (bicyclic) bond motifs is 1. The highest BCUT2D eigenvalue weighted by Crippen LogP contribution is 2.31. The highest BCUT2D eigenvalue weighted by molar-refractivity contribution is 7.22. The van der Waals surface area contributed by atoms with Crippen molar-refractivity contribution in [3.63, 3.8) is 0 Å². The van der Waals surface area contributed by atoms with E-state index in [0.29, 0.717) is 16.5 Å². The minimum Gasteiger partial charge on any atom is -0.298 e. The number of hydrogen-bond donors (Lipinski definition) is 1. The van der Waals surface area contributed by atoms with Gasteiger partial charge in [-0.25, -0.2) is 14.6 Å². The van der Waals surface area contributed by atoms with Gasteiger partial charge in [-0.05, 0) is 43.0 Å². The Hall–Kier alpha value is -3.06. The Morgan fingerprint density at radius 2 is 1.93 bits per heavy atom. The lowest BCUT2D eigenvalue weighted by Gasteiger charge is -2.11. The van der Waals surface area contributed by atoms with Crippen LogP contribution in [0.2, 0.25) is 0 Å². The van der Waals surface area contributed by atoms with Gasteiger partial charge in [0.2, 0.25) is 0 Å². The van der Waals surface area contributed by atoms with Crippen LogP contribution in [0.3, 0.4) is 0 Å². The highest BCUT2D eigenvalue weighted by Gasteiger charge is 2.22. The Morgan fingerprint density at radius 3 is 2.61 bits per heavy atom. The summed E-state index contributed by atoms with van der Waals surface area (Å²) in [4.78, 5) is 22.0. The van der Waals surface area contributed by atoms with E-state index in [0.717, 1.165) is 27.0 Å². The lowest BCUT2D eigenvalue weighted by atomic mass is 10.1. The van der Waals surface area contributed by atoms with Crippen LogP contribution in [0.4, 0.5) is 5.13 Å². The van der Waals surface area contributed by atoms with E-state index in [9.17, 15) is 4.79 Å². The molecule has 1 N–H and O–H groups in total. The molecule has 0 fully saturated rings. The molecule has 6 nitrogen and oxygen atoms in total. The number of aromatic nitrogens is 4. The summed E-state index contributed by atoms with van der Waals surface area (Å²) >= 11 is 1.50. The number of anilines is 1. The molecule has 0 spiro atoms. The second-order valence-corrected chi connectivity index (χ2v) is 8.05. The number of amides is 1. The zero-order valence-corrected chi connectivity index (χ0v) is 17.0. The lowest BCUT2D eigenvalue weighted by molar-refractivity contribution is 0.102. The van der Waals surface area contributed by atoms with Crippen molar-refractivity contribution < 1.29 is 4.79 Å². The van der Waals surface area contributed by atoms with E-state index in [-0.39, 0.29) is 11.8 Å². The van der Waals surface area contributed by atoms with Gasteiger partial charge >= 0.3 is 0 Å². The standard InChI is InChI=1S/C21H21N5OS/c1-12(2)18-15(11-23-26(18)16-7-5-6-10-22-16)20(27)25-21-24-17-13(3)8-9-14(4)19(17)28-21/h5-12H,1-4H3,(H,24,25,27). The number of nitrogens with zero attached hydrogens (tertiary/aromatic N) is 4. The van der Waals surface area contributed by atoms with Crippen molar-refractivity contribution in [2.45, 2.75) is 33.6 Å². The van der Waals surface area contributed by atoms with Crippen LogP contribution in [-0.2, 0) is 0 Å². The summed E-state index contributed by atoms with van der Waals surface area (Å²) in [6, 6.07) is 9.76. The van der Waals surface area contributed by atoms with Gasteiger partial charge < -0.3 is 0 Å².